The fourth-order valence-electron chi connectivity index (χ4n) is 1.31. The maximum atomic E-state index is 3.62. The Balaban J connectivity index is 0. The van der Waals surface area contributed by atoms with Gasteiger partial charge in [-0.25, -0.2) is 0 Å². The summed E-state index contributed by atoms with van der Waals surface area (Å²) in [7, 11) is -2.38. The van der Waals surface area contributed by atoms with Gasteiger partial charge in [0.05, 0.1) is 0 Å². The molecule has 0 aromatic heterocycles. The molecule has 0 saturated heterocycles. The van der Waals surface area contributed by atoms with E-state index >= 15 is 0 Å². The Hall–Kier alpha value is 0.680. The summed E-state index contributed by atoms with van der Waals surface area (Å²) in [5.74, 6) is 0. The minimum atomic E-state index is -1.19. The fraction of sp³-hybridized carbons (Fsp3) is 0.667. The molecule has 3 heteroatoms. The van der Waals surface area contributed by atoms with Crippen LogP contribution < -0.4 is 0 Å². The number of hydrogen-bond acceptors (Lipinski definition) is 0. The van der Waals surface area contributed by atoms with Crippen molar-refractivity contribution in [2.45, 2.75) is 53.1 Å². The summed E-state index contributed by atoms with van der Waals surface area (Å²) in [6, 6.07) is 0. The van der Waals surface area contributed by atoms with Crippen molar-refractivity contribution in [2.24, 2.45) is 0 Å². The molecule has 0 saturated carbocycles. The SMILES string of the molecule is CC(=[C-][Si](C)(C)C)C(C)=[C-][Si](C)(C)C.[Mg+2]. The standard InChI is InChI=1S/C12H24Si2.Mg/c1-11(9-13(3,4)5)12(2)10-14(6,7)8;/h1-8H3;/q-2;+2. The molecule has 0 aliphatic heterocycles. The summed E-state index contributed by atoms with van der Waals surface area (Å²) < 4.78 is 0. The molecule has 0 amide bonds. The molecule has 0 nitrogen and oxygen atoms in total. The smallest absolute Gasteiger partial charge is 0.378 e. The van der Waals surface area contributed by atoms with Gasteiger partial charge in [-0.2, -0.15) is 0 Å². The Morgan fingerprint density at radius 3 is 1.00 bits per heavy atom. The van der Waals surface area contributed by atoms with Crippen molar-refractivity contribution in [1.82, 2.24) is 0 Å². The largest absolute Gasteiger partial charge is 2.00 e. The van der Waals surface area contributed by atoms with Gasteiger partial charge in [-0.15, -0.1) is 13.8 Å². The summed E-state index contributed by atoms with van der Waals surface area (Å²) in [6.45, 7) is 18.2. The van der Waals surface area contributed by atoms with Gasteiger partial charge in [0.25, 0.3) is 0 Å². The molecule has 82 valence electrons. The van der Waals surface area contributed by atoms with Crippen LogP contribution in [0.2, 0.25) is 39.3 Å². The molecule has 0 aromatic rings. The van der Waals surface area contributed by atoms with Crippen molar-refractivity contribution in [3.8, 4) is 0 Å². The van der Waals surface area contributed by atoms with E-state index in [9.17, 15) is 0 Å². The second kappa shape index (κ2) is 6.42. The van der Waals surface area contributed by atoms with Crippen LogP contribution in [0.5, 0.6) is 0 Å². The molecular formula is C12H24MgSi2. The van der Waals surface area contributed by atoms with Crippen LogP contribution in [-0.4, -0.2) is 39.2 Å². The van der Waals surface area contributed by atoms with E-state index in [1.165, 1.54) is 11.1 Å². The maximum absolute atomic E-state index is 3.62. The molecule has 0 fully saturated rings. The molecule has 0 aliphatic carbocycles. The third-order valence-electron chi connectivity index (χ3n) is 1.69. The van der Waals surface area contributed by atoms with Crippen molar-refractivity contribution in [1.29, 1.82) is 0 Å². The predicted octanol–water partition coefficient (Wildman–Crippen LogP) is 3.86. The average Bonchev–Trinajstić information content (AvgIpc) is 1.78. The van der Waals surface area contributed by atoms with Crippen molar-refractivity contribution in [3.05, 3.63) is 22.5 Å². The normalized spacial score (nSPS) is 14.9. The minimum Gasteiger partial charge on any atom is -0.378 e. The Morgan fingerprint density at radius 1 is 0.667 bits per heavy atom. The van der Waals surface area contributed by atoms with Crippen molar-refractivity contribution >= 4 is 39.2 Å². The van der Waals surface area contributed by atoms with Crippen LogP contribution in [0.1, 0.15) is 13.8 Å². The maximum Gasteiger partial charge on any atom is 2.00 e. The predicted molar refractivity (Wildman–Crippen MR) is 77.3 cm³/mol. The molecule has 0 bridgehead atoms. The molecule has 15 heavy (non-hydrogen) atoms. The van der Waals surface area contributed by atoms with E-state index in [1.807, 2.05) is 0 Å². The van der Waals surface area contributed by atoms with Gasteiger partial charge < -0.3 is 22.5 Å². The zero-order valence-electron chi connectivity index (χ0n) is 11.7. The minimum absolute atomic E-state index is 0. The van der Waals surface area contributed by atoms with Crippen LogP contribution in [0.25, 0.3) is 0 Å². The first-order chi connectivity index (χ1) is 6.01. The van der Waals surface area contributed by atoms with Crippen LogP contribution in [0.4, 0.5) is 0 Å². The number of allylic oxidation sites excluding steroid dienone is 2. The molecule has 0 rings (SSSR count). The summed E-state index contributed by atoms with van der Waals surface area (Å²) in [5.41, 5.74) is 9.86. The van der Waals surface area contributed by atoms with Gasteiger partial charge in [0.1, 0.15) is 0 Å². The second-order valence-electron chi connectivity index (χ2n) is 6.00. The van der Waals surface area contributed by atoms with E-state index in [4.69, 9.17) is 0 Å². The zero-order chi connectivity index (χ0) is 11.6. The van der Waals surface area contributed by atoms with Crippen molar-refractivity contribution < 1.29 is 0 Å². The van der Waals surface area contributed by atoms with Crippen LogP contribution >= 0.6 is 0 Å². The van der Waals surface area contributed by atoms with E-state index in [-0.39, 0.29) is 23.1 Å². The summed E-state index contributed by atoms with van der Waals surface area (Å²) in [5, 5.41) is 0. The third kappa shape index (κ3) is 11.0. The summed E-state index contributed by atoms with van der Waals surface area (Å²) >= 11 is 0. The van der Waals surface area contributed by atoms with Crippen molar-refractivity contribution in [3.63, 3.8) is 0 Å². The Morgan fingerprint density at radius 2 is 0.867 bits per heavy atom. The first-order valence-corrected chi connectivity index (χ1v) is 12.2. The molecule has 0 unspecified atom stereocenters. The van der Waals surface area contributed by atoms with Gasteiger partial charge in [0.15, 0.2) is 0 Å². The van der Waals surface area contributed by atoms with Crippen LogP contribution in [0, 0.1) is 11.4 Å². The average molecular weight is 249 g/mol. The van der Waals surface area contributed by atoms with E-state index < -0.39 is 16.1 Å². The summed E-state index contributed by atoms with van der Waals surface area (Å²) in [4.78, 5) is 0. The second-order valence-corrected chi connectivity index (χ2v) is 15.5. The van der Waals surface area contributed by atoms with E-state index in [1.54, 1.807) is 0 Å². The first kappa shape index (κ1) is 18.1. The third-order valence-corrected chi connectivity index (χ3v) is 3.94. The quantitative estimate of drug-likeness (QED) is 0.404. The molecule has 0 aliphatic rings. The van der Waals surface area contributed by atoms with Crippen LogP contribution in [-0.2, 0) is 0 Å². The molecule has 0 aromatic carbocycles. The fourth-order valence-corrected chi connectivity index (χ4v) is 3.94. The number of hydrogen-bond donors (Lipinski definition) is 0. The van der Waals surface area contributed by atoms with Crippen LogP contribution in [0.15, 0.2) is 11.1 Å². The van der Waals surface area contributed by atoms with Crippen LogP contribution in [0.3, 0.4) is 0 Å². The molecule has 0 spiro atoms. The Bertz CT molecular complexity index is 224. The van der Waals surface area contributed by atoms with E-state index in [2.05, 4.69) is 64.5 Å². The topological polar surface area (TPSA) is 0 Å². The molecule has 0 radical (unpaired) electrons. The molecule has 0 atom stereocenters. The van der Waals surface area contributed by atoms with E-state index in [0.717, 1.165) is 0 Å². The monoisotopic (exact) mass is 248 g/mol. The first-order valence-electron chi connectivity index (χ1n) is 5.25. The zero-order valence-corrected chi connectivity index (χ0v) is 15.1. The molecule has 0 N–H and O–H groups in total. The number of rotatable bonds is 3. The van der Waals surface area contributed by atoms with Gasteiger partial charge in [-0.05, 0) is 16.1 Å². The van der Waals surface area contributed by atoms with Gasteiger partial charge in [-0.3, -0.25) is 0 Å². The van der Waals surface area contributed by atoms with Crippen molar-refractivity contribution in [2.75, 3.05) is 0 Å². The van der Waals surface area contributed by atoms with Gasteiger partial charge >= 0.3 is 23.1 Å². The molecular weight excluding hydrogens is 225 g/mol. The Kier molecular flexibility index (Phi) is 7.73. The van der Waals surface area contributed by atoms with Gasteiger partial charge in [0, 0.05) is 0 Å². The Labute approximate surface area is 114 Å². The van der Waals surface area contributed by atoms with Gasteiger partial charge in [0.2, 0.25) is 0 Å². The molecule has 0 heterocycles. The summed E-state index contributed by atoms with van der Waals surface area (Å²) in [6.07, 6.45) is 0. The van der Waals surface area contributed by atoms with Gasteiger partial charge in [-0.1, -0.05) is 39.3 Å². The van der Waals surface area contributed by atoms with E-state index in [0.29, 0.717) is 0 Å².